The minimum atomic E-state index is -0.408. The fourth-order valence-electron chi connectivity index (χ4n) is 2.04. The number of ether oxygens (including phenoxy) is 2. The number of hydrogen-bond donors (Lipinski definition) is 1. The van der Waals surface area contributed by atoms with Crippen LogP contribution in [0.3, 0.4) is 0 Å². The Bertz CT molecular complexity index is 740. The van der Waals surface area contributed by atoms with E-state index < -0.39 is 5.97 Å². The standard InChI is InChI=1S/C20H22N2O4/c1-15(2)26-20(24)14-25-18-8-5-16(6-9-18)7-10-19(23)22-13-17-4-3-11-21-12-17/h3-12,15H,13-14H2,1-2H3,(H,22,23)/b10-7+. The van der Waals surface area contributed by atoms with Crippen LogP contribution in [0.4, 0.5) is 0 Å². The quantitative estimate of drug-likeness (QED) is 0.583. The minimum Gasteiger partial charge on any atom is -0.482 e. The molecule has 0 aliphatic heterocycles. The maximum Gasteiger partial charge on any atom is 0.344 e. The molecule has 1 aromatic heterocycles. The molecule has 136 valence electrons. The summed E-state index contributed by atoms with van der Waals surface area (Å²) in [5.41, 5.74) is 1.78. The molecule has 0 bridgehead atoms. The van der Waals surface area contributed by atoms with Crippen LogP contribution in [0.15, 0.2) is 54.9 Å². The molecule has 1 N–H and O–H groups in total. The molecule has 6 nitrogen and oxygen atoms in total. The van der Waals surface area contributed by atoms with E-state index in [-0.39, 0.29) is 18.6 Å². The van der Waals surface area contributed by atoms with E-state index in [1.807, 2.05) is 12.1 Å². The number of rotatable bonds is 8. The molecule has 1 amide bonds. The van der Waals surface area contributed by atoms with Crippen molar-refractivity contribution in [2.45, 2.75) is 26.5 Å². The zero-order valence-electron chi connectivity index (χ0n) is 14.8. The monoisotopic (exact) mass is 354 g/mol. The first-order chi connectivity index (χ1) is 12.5. The maximum absolute atomic E-state index is 11.8. The SMILES string of the molecule is CC(C)OC(=O)COc1ccc(/C=C/C(=O)NCc2cccnc2)cc1. The van der Waals surface area contributed by atoms with Gasteiger partial charge < -0.3 is 14.8 Å². The van der Waals surface area contributed by atoms with Gasteiger partial charge in [-0.15, -0.1) is 0 Å². The van der Waals surface area contributed by atoms with Crippen molar-refractivity contribution in [1.82, 2.24) is 10.3 Å². The molecule has 0 aliphatic carbocycles. The molecule has 26 heavy (non-hydrogen) atoms. The summed E-state index contributed by atoms with van der Waals surface area (Å²) >= 11 is 0. The number of carbonyl (C=O) groups excluding carboxylic acids is 2. The summed E-state index contributed by atoms with van der Waals surface area (Å²) in [6, 6.07) is 10.8. The molecule has 0 fully saturated rings. The number of pyridine rings is 1. The fourth-order valence-corrected chi connectivity index (χ4v) is 2.04. The Morgan fingerprint density at radius 1 is 1.19 bits per heavy atom. The zero-order chi connectivity index (χ0) is 18.8. The van der Waals surface area contributed by atoms with Gasteiger partial charge in [-0.2, -0.15) is 0 Å². The van der Waals surface area contributed by atoms with Gasteiger partial charge in [0.1, 0.15) is 5.75 Å². The second-order valence-corrected chi connectivity index (χ2v) is 5.81. The second-order valence-electron chi connectivity index (χ2n) is 5.81. The number of hydrogen-bond acceptors (Lipinski definition) is 5. The van der Waals surface area contributed by atoms with Gasteiger partial charge in [0.25, 0.3) is 0 Å². The summed E-state index contributed by atoms with van der Waals surface area (Å²) in [4.78, 5) is 27.3. The van der Waals surface area contributed by atoms with Gasteiger partial charge in [-0.1, -0.05) is 18.2 Å². The average molecular weight is 354 g/mol. The highest BCUT2D eigenvalue weighted by molar-refractivity contribution is 5.91. The lowest BCUT2D eigenvalue weighted by Crippen LogP contribution is -2.20. The van der Waals surface area contributed by atoms with Crippen LogP contribution in [0.2, 0.25) is 0 Å². The van der Waals surface area contributed by atoms with Crippen molar-refractivity contribution in [3.05, 3.63) is 66.0 Å². The molecule has 0 atom stereocenters. The average Bonchev–Trinajstić information content (AvgIpc) is 2.64. The predicted molar refractivity (Wildman–Crippen MR) is 98.3 cm³/mol. The fraction of sp³-hybridized carbons (Fsp3) is 0.250. The molecular weight excluding hydrogens is 332 g/mol. The Balaban J connectivity index is 1.77. The van der Waals surface area contributed by atoms with Gasteiger partial charge in [-0.3, -0.25) is 9.78 Å². The van der Waals surface area contributed by atoms with Crippen molar-refractivity contribution >= 4 is 18.0 Å². The molecule has 0 saturated carbocycles. The van der Waals surface area contributed by atoms with Crippen LogP contribution >= 0.6 is 0 Å². The molecule has 2 aromatic rings. The van der Waals surface area contributed by atoms with E-state index in [2.05, 4.69) is 10.3 Å². The van der Waals surface area contributed by atoms with Crippen LogP contribution in [0.25, 0.3) is 6.08 Å². The zero-order valence-corrected chi connectivity index (χ0v) is 14.8. The van der Waals surface area contributed by atoms with Crippen molar-refractivity contribution in [3.63, 3.8) is 0 Å². The van der Waals surface area contributed by atoms with E-state index in [9.17, 15) is 9.59 Å². The van der Waals surface area contributed by atoms with E-state index in [1.54, 1.807) is 56.6 Å². The molecule has 2 rings (SSSR count). The van der Waals surface area contributed by atoms with Gasteiger partial charge in [-0.25, -0.2) is 4.79 Å². The van der Waals surface area contributed by atoms with Crippen LogP contribution in [-0.2, 0) is 20.9 Å². The first kappa shape index (κ1) is 19.2. The summed E-state index contributed by atoms with van der Waals surface area (Å²) in [6.45, 7) is 3.86. The van der Waals surface area contributed by atoms with Crippen LogP contribution < -0.4 is 10.1 Å². The molecule has 0 unspecified atom stereocenters. The van der Waals surface area contributed by atoms with Crippen molar-refractivity contribution in [1.29, 1.82) is 0 Å². The Hall–Kier alpha value is -3.15. The number of nitrogens with zero attached hydrogens (tertiary/aromatic N) is 1. The topological polar surface area (TPSA) is 77.5 Å². The number of amides is 1. The molecule has 0 aliphatic rings. The third-order valence-corrected chi connectivity index (χ3v) is 3.22. The van der Waals surface area contributed by atoms with Gasteiger partial charge in [-0.05, 0) is 49.2 Å². The van der Waals surface area contributed by atoms with E-state index in [1.165, 1.54) is 6.08 Å². The first-order valence-corrected chi connectivity index (χ1v) is 8.30. The molecule has 1 heterocycles. The number of carbonyl (C=O) groups is 2. The van der Waals surface area contributed by atoms with Gasteiger partial charge in [0.15, 0.2) is 6.61 Å². The van der Waals surface area contributed by atoms with E-state index in [4.69, 9.17) is 9.47 Å². The maximum atomic E-state index is 11.8. The smallest absolute Gasteiger partial charge is 0.344 e. The van der Waals surface area contributed by atoms with E-state index in [0.717, 1.165) is 11.1 Å². The lowest BCUT2D eigenvalue weighted by molar-refractivity contribution is -0.149. The van der Waals surface area contributed by atoms with Gasteiger partial charge >= 0.3 is 5.97 Å². The highest BCUT2D eigenvalue weighted by Gasteiger charge is 2.06. The molecule has 6 heteroatoms. The largest absolute Gasteiger partial charge is 0.482 e. The van der Waals surface area contributed by atoms with Crippen LogP contribution in [0.1, 0.15) is 25.0 Å². The highest BCUT2D eigenvalue weighted by Crippen LogP contribution is 2.13. The van der Waals surface area contributed by atoms with Crippen molar-refractivity contribution in [2.75, 3.05) is 6.61 Å². The number of benzene rings is 1. The number of esters is 1. The van der Waals surface area contributed by atoms with Crippen molar-refractivity contribution < 1.29 is 19.1 Å². The minimum absolute atomic E-state index is 0.135. The highest BCUT2D eigenvalue weighted by atomic mass is 16.6. The van der Waals surface area contributed by atoms with Crippen LogP contribution in [0, 0.1) is 0 Å². The third-order valence-electron chi connectivity index (χ3n) is 3.22. The normalized spacial score (nSPS) is 10.7. The second kappa shape index (κ2) is 9.98. The van der Waals surface area contributed by atoms with Gasteiger partial charge in [0, 0.05) is 25.0 Å². The summed E-state index contributed by atoms with van der Waals surface area (Å²) in [5, 5.41) is 2.79. The molecule has 0 radical (unpaired) electrons. The lowest BCUT2D eigenvalue weighted by Gasteiger charge is -2.09. The van der Waals surface area contributed by atoms with E-state index in [0.29, 0.717) is 12.3 Å². The Kier molecular flexibility index (Phi) is 7.36. The number of aromatic nitrogens is 1. The molecule has 0 spiro atoms. The van der Waals surface area contributed by atoms with Crippen molar-refractivity contribution in [2.24, 2.45) is 0 Å². The van der Waals surface area contributed by atoms with Gasteiger partial charge in [0.05, 0.1) is 6.10 Å². The Morgan fingerprint density at radius 2 is 1.96 bits per heavy atom. The first-order valence-electron chi connectivity index (χ1n) is 8.30. The van der Waals surface area contributed by atoms with Gasteiger partial charge in [0.2, 0.25) is 5.91 Å². The molecular formula is C20H22N2O4. The van der Waals surface area contributed by atoms with Crippen LogP contribution in [0.5, 0.6) is 5.75 Å². The van der Waals surface area contributed by atoms with Crippen LogP contribution in [-0.4, -0.2) is 29.6 Å². The summed E-state index contributed by atoms with van der Waals surface area (Å²) in [6.07, 6.45) is 6.40. The van der Waals surface area contributed by atoms with E-state index >= 15 is 0 Å². The predicted octanol–water partition coefficient (Wildman–Crippen LogP) is 2.74. The number of nitrogens with one attached hydrogen (secondary N) is 1. The molecule has 1 aromatic carbocycles. The summed E-state index contributed by atoms with van der Waals surface area (Å²) < 4.78 is 10.3. The Morgan fingerprint density at radius 3 is 2.62 bits per heavy atom. The Labute approximate surface area is 152 Å². The summed E-state index contributed by atoms with van der Waals surface area (Å²) in [5.74, 6) is -0.0382. The summed E-state index contributed by atoms with van der Waals surface area (Å²) in [7, 11) is 0. The third kappa shape index (κ3) is 7.17. The lowest BCUT2D eigenvalue weighted by atomic mass is 10.2. The van der Waals surface area contributed by atoms with Crippen molar-refractivity contribution in [3.8, 4) is 5.75 Å². The molecule has 0 saturated heterocycles.